The standard InChI is InChI=1S/C31H35FN8O2/c1-4-12-39-28(41)22-19-33-29(34-21-7-8-24(23(32)17-21)38-15-13-37(3)14-16-38)36-27(22)40(39)25-9-6-20-18-30(10-11-30)31(42,5-2)26(20)35-25/h4,6-9,17,19,42H,1,5,10-16,18H2,2-3H3,(H,33,34,36). The van der Waals surface area contributed by atoms with Crippen molar-refractivity contribution in [2.24, 2.45) is 5.41 Å². The third-order valence-corrected chi connectivity index (χ3v) is 9.37. The normalized spacial score (nSPS) is 21.2. The number of aromatic nitrogens is 5. The topological polar surface area (TPSA) is 104 Å². The van der Waals surface area contributed by atoms with Gasteiger partial charge in [-0.15, -0.1) is 6.58 Å². The fourth-order valence-corrected chi connectivity index (χ4v) is 6.77. The highest BCUT2D eigenvalue weighted by Gasteiger charge is 2.63. The number of hydrogen-bond acceptors (Lipinski definition) is 8. The molecule has 1 unspecified atom stereocenters. The van der Waals surface area contributed by atoms with E-state index in [4.69, 9.17) is 9.97 Å². The summed E-state index contributed by atoms with van der Waals surface area (Å²) in [7, 11) is 2.07. The number of hydrogen-bond donors (Lipinski definition) is 2. The average molecular weight is 571 g/mol. The number of allylic oxidation sites excluding steroid dienone is 1. The molecule has 1 spiro atoms. The van der Waals surface area contributed by atoms with E-state index >= 15 is 4.39 Å². The Morgan fingerprint density at radius 1 is 1.14 bits per heavy atom. The first kappa shape index (κ1) is 26.8. The number of benzene rings is 1. The lowest BCUT2D eigenvalue weighted by Gasteiger charge is -2.34. The van der Waals surface area contributed by atoms with Crippen molar-refractivity contribution in [2.45, 2.75) is 44.8 Å². The monoisotopic (exact) mass is 570 g/mol. The van der Waals surface area contributed by atoms with Gasteiger partial charge in [0.1, 0.15) is 16.8 Å². The summed E-state index contributed by atoms with van der Waals surface area (Å²) in [5.41, 5.74) is 1.77. The molecule has 3 aliphatic rings. The third kappa shape index (κ3) is 4.05. The maximum atomic E-state index is 15.2. The van der Waals surface area contributed by atoms with Crippen LogP contribution in [0.15, 0.2) is 54.0 Å². The van der Waals surface area contributed by atoms with Crippen molar-refractivity contribution in [1.82, 2.24) is 29.2 Å². The van der Waals surface area contributed by atoms with Crippen molar-refractivity contribution in [2.75, 3.05) is 43.4 Å². The molecular formula is C31H35FN8O2. The van der Waals surface area contributed by atoms with Gasteiger partial charge in [-0.3, -0.25) is 4.79 Å². The Labute approximate surface area is 243 Å². The maximum Gasteiger partial charge on any atom is 0.278 e. The molecule has 10 nitrogen and oxygen atoms in total. The van der Waals surface area contributed by atoms with Crippen molar-refractivity contribution in [1.29, 1.82) is 0 Å². The van der Waals surface area contributed by atoms with Crippen LogP contribution < -0.4 is 15.8 Å². The van der Waals surface area contributed by atoms with Crippen LogP contribution in [0.5, 0.6) is 0 Å². The number of likely N-dealkylation sites (N-methyl/N-ethyl adjacent to an activating group) is 1. The number of halogens is 1. The first-order valence-electron chi connectivity index (χ1n) is 14.6. The van der Waals surface area contributed by atoms with Crippen LogP contribution in [-0.2, 0) is 18.6 Å². The first-order chi connectivity index (χ1) is 20.3. The van der Waals surface area contributed by atoms with Gasteiger partial charge < -0.3 is 20.2 Å². The van der Waals surface area contributed by atoms with E-state index in [1.54, 1.807) is 16.8 Å². The Balaban J connectivity index is 1.26. The zero-order valence-electron chi connectivity index (χ0n) is 24.0. The lowest BCUT2D eigenvalue weighted by atomic mass is 9.84. The smallest absolute Gasteiger partial charge is 0.278 e. The lowest BCUT2D eigenvalue weighted by molar-refractivity contribution is -0.0324. The molecule has 0 bridgehead atoms. The second-order valence-electron chi connectivity index (χ2n) is 11.8. The van der Waals surface area contributed by atoms with Gasteiger partial charge in [-0.2, -0.15) is 4.98 Å². The molecule has 0 radical (unpaired) electrons. The average Bonchev–Trinajstić information content (AvgIpc) is 3.67. The molecule has 1 aliphatic heterocycles. The molecule has 3 aromatic heterocycles. The Morgan fingerprint density at radius 2 is 1.93 bits per heavy atom. The molecule has 7 rings (SSSR count). The maximum absolute atomic E-state index is 15.2. The van der Waals surface area contributed by atoms with Gasteiger partial charge in [0.05, 0.1) is 17.9 Å². The van der Waals surface area contributed by atoms with Crippen LogP contribution in [0.1, 0.15) is 37.4 Å². The minimum atomic E-state index is -0.993. The predicted octanol–water partition coefficient (Wildman–Crippen LogP) is 3.73. The minimum Gasteiger partial charge on any atom is -0.383 e. The van der Waals surface area contributed by atoms with Gasteiger partial charge in [-0.1, -0.05) is 19.1 Å². The summed E-state index contributed by atoms with van der Waals surface area (Å²) < 4.78 is 18.3. The highest BCUT2D eigenvalue weighted by molar-refractivity contribution is 5.77. The van der Waals surface area contributed by atoms with E-state index in [-0.39, 0.29) is 29.3 Å². The molecule has 1 atom stereocenters. The molecule has 11 heteroatoms. The van der Waals surface area contributed by atoms with Gasteiger partial charge in [0.15, 0.2) is 11.5 Å². The van der Waals surface area contributed by atoms with Crippen molar-refractivity contribution < 1.29 is 9.50 Å². The van der Waals surface area contributed by atoms with E-state index in [1.807, 2.05) is 25.1 Å². The number of pyridine rings is 1. The highest BCUT2D eigenvalue weighted by atomic mass is 19.1. The summed E-state index contributed by atoms with van der Waals surface area (Å²) in [5, 5.41) is 15.1. The van der Waals surface area contributed by atoms with Crippen LogP contribution in [0, 0.1) is 11.2 Å². The molecule has 4 aromatic rings. The van der Waals surface area contributed by atoms with Crippen LogP contribution in [0.2, 0.25) is 0 Å². The SMILES string of the molecule is C=CCn1c(=O)c2cnc(Nc3ccc(N4CCN(C)CC4)c(F)c3)nc2n1-c1ccc2c(n1)C(O)(CC)C1(CC1)C2. The van der Waals surface area contributed by atoms with Gasteiger partial charge in [0.25, 0.3) is 5.56 Å². The first-order valence-corrected chi connectivity index (χ1v) is 14.6. The second kappa shape index (κ2) is 9.74. The zero-order valence-corrected chi connectivity index (χ0v) is 24.0. The summed E-state index contributed by atoms with van der Waals surface area (Å²) in [6.45, 7) is 9.37. The second-order valence-corrected chi connectivity index (χ2v) is 11.8. The fourth-order valence-electron chi connectivity index (χ4n) is 6.77. The quantitative estimate of drug-likeness (QED) is 0.324. The van der Waals surface area contributed by atoms with Crippen molar-refractivity contribution in [3.05, 3.63) is 76.6 Å². The number of nitrogens with zero attached hydrogens (tertiary/aromatic N) is 7. The molecule has 42 heavy (non-hydrogen) atoms. The van der Waals surface area contributed by atoms with Crippen LogP contribution in [0.4, 0.5) is 21.7 Å². The summed E-state index contributed by atoms with van der Waals surface area (Å²) in [5.74, 6) is 0.389. The molecule has 218 valence electrons. The number of piperazine rings is 1. The Morgan fingerprint density at radius 3 is 2.62 bits per heavy atom. The number of rotatable bonds is 7. The van der Waals surface area contributed by atoms with E-state index < -0.39 is 5.60 Å². The molecule has 0 amide bonds. The summed E-state index contributed by atoms with van der Waals surface area (Å²) >= 11 is 0. The van der Waals surface area contributed by atoms with Crippen LogP contribution >= 0.6 is 0 Å². The van der Waals surface area contributed by atoms with Crippen molar-refractivity contribution in [3.63, 3.8) is 0 Å². The van der Waals surface area contributed by atoms with Crippen LogP contribution in [0.25, 0.3) is 16.9 Å². The van der Waals surface area contributed by atoms with Gasteiger partial charge in [0, 0.05) is 43.5 Å². The van der Waals surface area contributed by atoms with E-state index in [9.17, 15) is 9.90 Å². The van der Waals surface area contributed by atoms with Crippen molar-refractivity contribution in [3.8, 4) is 5.82 Å². The van der Waals surface area contributed by atoms with Gasteiger partial charge in [-0.05, 0) is 62.6 Å². The third-order valence-electron chi connectivity index (χ3n) is 9.37. The fraction of sp³-hybridized carbons (Fsp3) is 0.419. The molecule has 1 aromatic carbocycles. The predicted molar refractivity (Wildman–Crippen MR) is 160 cm³/mol. The number of anilines is 3. The highest BCUT2D eigenvalue weighted by Crippen LogP contribution is 2.65. The summed E-state index contributed by atoms with van der Waals surface area (Å²) in [6.07, 6.45) is 6.47. The molecule has 2 aliphatic carbocycles. The molecule has 2 N–H and O–H groups in total. The minimum absolute atomic E-state index is 0.135. The Kier molecular flexibility index (Phi) is 6.21. The van der Waals surface area contributed by atoms with Crippen molar-refractivity contribution >= 4 is 28.4 Å². The molecule has 4 heterocycles. The number of nitrogens with one attached hydrogen (secondary N) is 1. The van der Waals surface area contributed by atoms with E-state index in [0.717, 1.165) is 51.0 Å². The molecule has 1 saturated heterocycles. The van der Waals surface area contributed by atoms with Gasteiger partial charge in [-0.25, -0.2) is 23.7 Å². The molecule has 2 fully saturated rings. The Bertz CT molecular complexity index is 1770. The summed E-state index contributed by atoms with van der Waals surface area (Å²) in [6, 6.07) is 8.90. The van der Waals surface area contributed by atoms with E-state index in [0.29, 0.717) is 40.3 Å². The van der Waals surface area contributed by atoms with Crippen LogP contribution in [-0.4, -0.2) is 67.5 Å². The number of aliphatic hydroxyl groups is 1. The van der Waals surface area contributed by atoms with E-state index in [2.05, 4.69) is 33.7 Å². The van der Waals surface area contributed by atoms with Gasteiger partial charge in [0.2, 0.25) is 5.95 Å². The Hall–Kier alpha value is -4.09. The molecule has 1 saturated carbocycles. The largest absolute Gasteiger partial charge is 0.383 e. The van der Waals surface area contributed by atoms with Gasteiger partial charge >= 0.3 is 0 Å². The number of fused-ring (bicyclic) bond motifs is 2. The summed E-state index contributed by atoms with van der Waals surface area (Å²) in [4.78, 5) is 31.7. The van der Waals surface area contributed by atoms with Crippen LogP contribution in [0.3, 0.4) is 0 Å². The van der Waals surface area contributed by atoms with E-state index in [1.165, 1.54) is 16.9 Å². The zero-order chi connectivity index (χ0) is 29.2. The molecular weight excluding hydrogens is 535 g/mol. The lowest BCUT2D eigenvalue weighted by Crippen LogP contribution is -2.44.